The van der Waals surface area contributed by atoms with Gasteiger partial charge in [-0.1, -0.05) is 0 Å². The Kier molecular flexibility index (Phi) is 3.33. The van der Waals surface area contributed by atoms with Gasteiger partial charge in [0.15, 0.2) is 0 Å². The highest BCUT2D eigenvalue weighted by molar-refractivity contribution is 7.19. The van der Waals surface area contributed by atoms with Crippen molar-refractivity contribution in [3.05, 3.63) is 28.6 Å². The summed E-state index contributed by atoms with van der Waals surface area (Å²) >= 11 is 1.60. The van der Waals surface area contributed by atoms with Crippen molar-refractivity contribution in [1.82, 2.24) is 0 Å². The number of methoxy groups -OCH3 is 1. The second-order valence-electron chi connectivity index (χ2n) is 3.62. The molecule has 3 nitrogen and oxygen atoms in total. The first-order chi connectivity index (χ1) is 8.17. The fourth-order valence-corrected chi connectivity index (χ4v) is 2.82. The topological polar surface area (TPSA) is 35.5 Å². The van der Waals surface area contributed by atoms with Gasteiger partial charge >= 0.3 is 5.97 Å². The van der Waals surface area contributed by atoms with Crippen LogP contribution in [0.4, 0.5) is 0 Å². The first kappa shape index (κ1) is 11.9. The zero-order valence-electron chi connectivity index (χ0n) is 10.1. The van der Waals surface area contributed by atoms with E-state index in [1.54, 1.807) is 18.4 Å². The van der Waals surface area contributed by atoms with E-state index in [-0.39, 0.29) is 5.97 Å². The Balaban J connectivity index is 2.60. The molecule has 0 radical (unpaired) electrons. The largest absolute Gasteiger partial charge is 0.497 e. The van der Waals surface area contributed by atoms with Crippen LogP contribution >= 0.6 is 11.3 Å². The number of thiophene rings is 1. The van der Waals surface area contributed by atoms with E-state index in [0.29, 0.717) is 12.2 Å². The fraction of sp³-hybridized carbons (Fsp3) is 0.308. The molecule has 0 saturated heterocycles. The van der Waals surface area contributed by atoms with Gasteiger partial charge in [0.2, 0.25) is 0 Å². The highest BCUT2D eigenvalue weighted by Crippen LogP contribution is 2.33. The first-order valence-electron chi connectivity index (χ1n) is 5.41. The summed E-state index contributed by atoms with van der Waals surface area (Å²) in [4.78, 5) is 12.9. The summed E-state index contributed by atoms with van der Waals surface area (Å²) < 4.78 is 11.3. The number of esters is 1. The monoisotopic (exact) mass is 250 g/mol. The molecule has 0 N–H and O–H groups in total. The summed E-state index contributed by atoms with van der Waals surface area (Å²) in [5.74, 6) is 0.491. The molecular weight excluding hydrogens is 236 g/mol. The summed E-state index contributed by atoms with van der Waals surface area (Å²) in [7, 11) is 1.62. The van der Waals surface area contributed by atoms with Gasteiger partial charge in [0.05, 0.1) is 19.3 Å². The van der Waals surface area contributed by atoms with E-state index in [1.807, 2.05) is 32.0 Å². The van der Waals surface area contributed by atoms with Crippen molar-refractivity contribution in [2.45, 2.75) is 13.8 Å². The van der Waals surface area contributed by atoms with Gasteiger partial charge in [0.25, 0.3) is 0 Å². The van der Waals surface area contributed by atoms with Crippen molar-refractivity contribution in [2.75, 3.05) is 13.7 Å². The van der Waals surface area contributed by atoms with Gasteiger partial charge in [-0.25, -0.2) is 4.79 Å². The number of benzene rings is 1. The molecule has 0 saturated carbocycles. The highest BCUT2D eigenvalue weighted by atomic mass is 32.1. The third kappa shape index (κ3) is 2.13. The summed E-state index contributed by atoms with van der Waals surface area (Å²) in [6.07, 6.45) is 0. The van der Waals surface area contributed by atoms with Gasteiger partial charge in [-0.2, -0.15) is 0 Å². The number of carbonyl (C=O) groups excluding carboxylic acids is 1. The molecule has 0 fully saturated rings. The van der Waals surface area contributed by atoms with Crippen LogP contribution in [-0.4, -0.2) is 19.7 Å². The number of fused-ring (bicyclic) bond motifs is 1. The molecule has 17 heavy (non-hydrogen) atoms. The van der Waals surface area contributed by atoms with Gasteiger partial charge < -0.3 is 9.47 Å². The summed E-state index contributed by atoms with van der Waals surface area (Å²) in [6, 6.07) is 5.74. The lowest BCUT2D eigenvalue weighted by Crippen LogP contribution is -2.05. The lowest BCUT2D eigenvalue weighted by Gasteiger charge is -2.03. The average molecular weight is 250 g/mol. The lowest BCUT2D eigenvalue weighted by molar-refractivity contribution is 0.0528. The molecule has 0 bridgehead atoms. The van der Waals surface area contributed by atoms with Gasteiger partial charge in [0.1, 0.15) is 5.75 Å². The molecule has 1 heterocycles. The van der Waals surface area contributed by atoms with Crippen LogP contribution < -0.4 is 4.74 Å². The van der Waals surface area contributed by atoms with Crippen molar-refractivity contribution < 1.29 is 14.3 Å². The Bertz CT molecular complexity index is 557. The molecule has 0 aliphatic heterocycles. The summed E-state index contributed by atoms with van der Waals surface area (Å²) in [5, 5.41) is 0.908. The number of hydrogen-bond acceptors (Lipinski definition) is 4. The van der Waals surface area contributed by atoms with Crippen LogP contribution in [0.3, 0.4) is 0 Å². The van der Waals surface area contributed by atoms with Gasteiger partial charge in [-0.15, -0.1) is 11.3 Å². The molecule has 4 heteroatoms. The second kappa shape index (κ2) is 4.75. The molecule has 0 spiro atoms. The Morgan fingerprint density at radius 2 is 2.18 bits per heavy atom. The minimum atomic E-state index is -0.260. The number of ether oxygens (including phenoxy) is 2. The Morgan fingerprint density at radius 1 is 1.41 bits per heavy atom. The third-order valence-electron chi connectivity index (χ3n) is 2.55. The van der Waals surface area contributed by atoms with Crippen LogP contribution in [0.5, 0.6) is 5.75 Å². The molecule has 0 aliphatic rings. The molecule has 0 atom stereocenters. The van der Waals surface area contributed by atoms with Gasteiger partial charge in [0, 0.05) is 15.0 Å². The zero-order valence-corrected chi connectivity index (χ0v) is 10.9. The molecule has 1 aromatic carbocycles. The molecule has 0 aliphatic carbocycles. The smallest absolute Gasteiger partial charge is 0.339 e. The van der Waals surface area contributed by atoms with E-state index in [1.165, 1.54) is 0 Å². The molecule has 0 unspecified atom stereocenters. The van der Waals surface area contributed by atoms with Crippen LogP contribution in [0, 0.1) is 6.92 Å². The standard InChI is InChI=1S/C13H14O3S/c1-4-16-13(14)12-8(2)17-11-6-5-9(15-3)7-10(11)12/h5-7H,4H2,1-3H3. The van der Waals surface area contributed by atoms with Crippen LogP contribution in [0.15, 0.2) is 18.2 Å². The predicted molar refractivity (Wildman–Crippen MR) is 69.1 cm³/mol. The van der Waals surface area contributed by atoms with E-state index in [4.69, 9.17) is 9.47 Å². The minimum Gasteiger partial charge on any atom is -0.497 e. The van der Waals surface area contributed by atoms with Crippen molar-refractivity contribution in [1.29, 1.82) is 0 Å². The van der Waals surface area contributed by atoms with E-state index >= 15 is 0 Å². The second-order valence-corrected chi connectivity index (χ2v) is 4.87. The molecule has 2 aromatic rings. The van der Waals surface area contributed by atoms with Crippen molar-refractivity contribution in [3.8, 4) is 5.75 Å². The summed E-state index contributed by atoms with van der Waals surface area (Å²) in [6.45, 7) is 4.13. The molecule has 0 amide bonds. The Hall–Kier alpha value is -1.55. The first-order valence-corrected chi connectivity index (χ1v) is 6.23. The maximum Gasteiger partial charge on any atom is 0.339 e. The molecule has 90 valence electrons. The molecular formula is C13H14O3S. The fourth-order valence-electron chi connectivity index (χ4n) is 1.78. The van der Waals surface area contributed by atoms with Crippen LogP contribution in [0.1, 0.15) is 22.2 Å². The Labute approximate surface area is 104 Å². The van der Waals surface area contributed by atoms with Crippen molar-refractivity contribution in [2.24, 2.45) is 0 Å². The number of rotatable bonds is 3. The number of hydrogen-bond donors (Lipinski definition) is 0. The minimum absolute atomic E-state index is 0.260. The van der Waals surface area contributed by atoms with E-state index in [2.05, 4.69) is 0 Å². The third-order valence-corrected chi connectivity index (χ3v) is 3.64. The maximum absolute atomic E-state index is 11.9. The zero-order chi connectivity index (χ0) is 12.4. The molecule has 2 rings (SSSR count). The SMILES string of the molecule is CCOC(=O)c1c(C)sc2ccc(OC)cc12. The average Bonchev–Trinajstić information content (AvgIpc) is 2.64. The number of aryl methyl sites for hydroxylation is 1. The predicted octanol–water partition coefficient (Wildman–Crippen LogP) is 3.40. The normalized spacial score (nSPS) is 10.5. The van der Waals surface area contributed by atoms with Crippen molar-refractivity contribution in [3.63, 3.8) is 0 Å². The van der Waals surface area contributed by atoms with Crippen LogP contribution in [-0.2, 0) is 4.74 Å². The van der Waals surface area contributed by atoms with Gasteiger partial charge in [-0.05, 0) is 32.0 Å². The van der Waals surface area contributed by atoms with Gasteiger partial charge in [-0.3, -0.25) is 0 Å². The highest BCUT2D eigenvalue weighted by Gasteiger charge is 2.17. The van der Waals surface area contributed by atoms with E-state index in [0.717, 1.165) is 20.7 Å². The Morgan fingerprint density at radius 3 is 2.82 bits per heavy atom. The summed E-state index contributed by atoms with van der Waals surface area (Å²) in [5.41, 5.74) is 0.658. The van der Waals surface area contributed by atoms with Crippen molar-refractivity contribution >= 4 is 27.4 Å². The van der Waals surface area contributed by atoms with Crippen LogP contribution in [0.25, 0.3) is 10.1 Å². The lowest BCUT2D eigenvalue weighted by atomic mass is 10.1. The van der Waals surface area contributed by atoms with E-state index < -0.39 is 0 Å². The molecule has 1 aromatic heterocycles. The number of carbonyl (C=O) groups is 1. The van der Waals surface area contributed by atoms with E-state index in [9.17, 15) is 4.79 Å². The van der Waals surface area contributed by atoms with Crippen LogP contribution in [0.2, 0.25) is 0 Å². The quantitative estimate of drug-likeness (QED) is 0.783. The maximum atomic E-state index is 11.9.